The van der Waals surface area contributed by atoms with Crippen molar-refractivity contribution in [3.8, 4) is 11.8 Å². The van der Waals surface area contributed by atoms with Gasteiger partial charge < -0.3 is 9.64 Å². The van der Waals surface area contributed by atoms with Gasteiger partial charge in [0.1, 0.15) is 5.75 Å². The van der Waals surface area contributed by atoms with Crippen LogP contribution in [0.3, 0.4) is 0 Å². The van der Waals surface area contributed by atoms with Gasteiger partial charge in [-0.1, -0.05) is 23.7 Å². The number of ether oxygens (including phenoxy) is 1. The number of piperazine rings is 1. The van der Waals surface area contributed by atoms with Gasteiger partial charge in [-0.2, -0.15) is 5.26 Å². The molecule has 1 aliphatic rings. The van der Waals surface area contributed by atoms with Crippen LogP contribution < -0.4 is 4.74 Å². The number of hydrogen-bond donors (Lipinski definition) is 0. The zero-order valence-electron chi connectivity index (χ0n) is 16.2. The maximum Gasteiger partial charge on any atom is 0.308 e. The molecule has 0 N–H and O–H groups in total. The molecular formula is C22H22ClN3O3. The maximum atomic E-state index is 12.6. The zero-order chi connectivity index (χ0) is 20.8. The fourth-order valence-corrected chi connectivity index (χ4v) is 3.50. The highest BCUT2D eigenvalue weighted by molar-refractivity contribution is 6.30. The standard InChI is InChI=1S/C22H22ClN3O3/c1-16(27)29-21-7-6-20(23)13-19(21)15-25-8-10-26(11-9-25)22(28)12-17-2-4-18(14-24)5-3-17/h2-7,13H,8-12,15H2,1H3. The van der Waals surface area contributed by atoms with Crippen LogP contribution >= 0.6 is 11.6 Å². The summed E-state index contributed by atoms with van der Waals surface area (Å²) in [6.45, 7) is 4.70. The van der Waals surface area contributed by atoms with Crippen LogP contribution in [0, 0.1) is 11.3 Å². The number of esters is 1. The summed E-state index contributed by atoms with van der Waals surface area (Å²) in [5, 5.41) is 9.45. The van der Waals surface area contributed by atoms with Gasteiger partial charge in [0.25, 0.3) is 0 Å². The minimum Gasteiger partial charge on any atom is -0.426 e. The summed E-state index contributed by atoms with van der Waals surface area (Å²) < 4.78 is 5.28. The van der Waals surface area contributed by atoms with Crippen LogP contribution in [-0.2, 0) is 22.6 Å². The van der Waals surface area contributed by atoms with E-state index >= 15 is 0 Å². The number of rotatable bonds is 5. The van der Waals surface area contributed by atoms with Crippen LogP contribution in [0.25, 0.3) is 0 Å². The van der Waals surface area contributed by atoms with Gasteiger partial charge >= 0.3 is 5.97 Å². The van der Waals surface area contributed by atoms with Crippen molar-refractivity contribution < 1.29 is 14.3 Å². The van der Waals surface area contributed by atoms with Gasteiger partial charge in [-0.25, -0.2) is 0 Å². The summed E-state index contributed by atoms with van der Waals surface area (Å²) in [5.41, 5.74) is 2.34. The summed E-state index contributed by atoms with van der Waals surface area (Å²) >= 11 is 6.10. The van der Waals surface area contributed by atoms with E-state index in [9.17, 15) is 9.59 Å². The first-order valence-corrected chi connectivity index (χ1v) is 9.78. The average Bonchev–Trinajstić information content (AvgIpc) is 2.71. The number of benzene rings is 2. The molecule has 0 radical (unpaired) electrons. The lowest BCUT2D eigenvalue weighted by molar-refractivity contribution is -0.133. The van der Waals surface area contributed by atoms with Crippen molar-refractivity contribution in [2.45, 2.75) is 19.9 Å². The van der Waals surface area contributed by atoms with E-state index < -0.39 is 0 Å². The van der Waals surface area contributed by atoms with Crippen LogP contribution in [0.2, 0.25) is 5.02 Å². The van der Waals surface area contributed by atoms with Gasteiger partial charge in [-0.05, 0) is 35.9 Å². The second-order valence-corrected chi connectivity index (χ2v) is 7.42. The quantitative estimate of drug-likeness (QED) is 0.558. The highest BCUT2D eigenvalue weighted by Gasteiger charge is 2.22. The van der Waals surface area contributed by atoms with E-state index in [4.69, 9.17) is 21.6 Å². The molecule has 0 spiro atoms. The summed E-state index contributed by atoms with van der Waals surface area (Å²) in [6.07, 6.45) is 0.330. The molecule has 0 atom stereocenters. The third kappa shape index (κ3) is 5.80. The Balaban J connectivity index is 1.55. The fourth-order valence-electron chi connectivity index (χ4n) is 3.31. The van der Waals surface area contributed by atoms with Crippen molar-refractivity contribution in [2.24, 2.45) is 0 Å². The van der Waals surface area contributed by atoms with E-state index in [1.165, 1.54) is 6.92 Å². The zero-order valence-corrected chi connectivity index (χ0v) is 17.0. The molecule has 150 valence electrons. The third-order valence-electron chi connectivity index (χ3n) is 4.83. The minimum atomic E-state index is -0.369. The van der Waals surface area contributed by atoms with Crippen molar-refractivity contribution in [3.05, 3.63) is 64.2 Å². The molecule has 1 aliphatic heterocycles. The lowest BCUT2D eigenvalue weighted by atomic mass is 10.1. The molecule has 2 aromatic rings. The number of carbonyl (C=O) groups is 2. The van der Waals surface area contributed by atoms with Crippen LogP contribution in [-0.4, -0.2) is 47.9 Å². The molecule has 6 nitrogen and oxygen atoms in total. The predicted molar refractivity (Wildman–Crippen MR) is 109 cm³/mol. The first kappa shape index (κ1) is 20.8. The molecule has 0 aliphatic carbocycles. The van der Waals surface area contributed by atoms with E-state index in [1.807, 2.05) is 23.1 Å². The van der Waals surface area contributed by atoms with Crippen LogP contribution in [0.1, 0.15) is 23.6 Å². The molecule has 1 saturated heterocycles. The monoisotopic (exact) mass is 411 g/mol. The van der Waals surface area contributed by atoms with Gasteiger partial charge in [-0.3, -0.25) is 14.5 Å². The average molecular weight is 412 g/mol. The molecular weight excluding hydrogens is 390 g/mol. The molecule has 0 bridgehead atoms. The Morgan fingerprint density at radius 2 is 1.79 bits per heavy atom. The highest BCUT2D eigenvalue weighted by Crippen LogP contribution is 2.25. The van der Waals surface area contributed by atoms with E-state index in [2.05, 4.69) is 11.0 Å². The molecule has 3 rings (SSSR count). The van der Waals surface area contributed by atoms with Crippen LogP contribution in [0.15, 0.2) is 42.5 Å². The van der Waals surface area contributed by atoms with Crippen molar-refractivity contribution >= 4 is 23.5 Å². The van der Waals surface area contributed by atoms with Crippen molar-refractivity contribution in [1.29, 1.82) is 5.26 Å². The van der Waals surface area contributed by atoms with Crippen molar-refractivity contribution in [3.63, 3.8) is 0 Å². The number of hydrogen-bond acceptors (Lipinski definition) is 5. The number of amides is 1. The smallest absolute Gasteiger partial charge is 0.308 e. The molecule has 7 heteroatoms. The highest BCUT2D eigenvalue weighted by atomic mass is 35.5. The lowest BCUT2D eigenvalue weighted by Gasteiger charge is -2.35. The van der Waals surface area contributed by atoms with Gasteiger partial charge in [0, 0.05) is 50.2 Å². The summed E-state index contributed by atoms with van der Waals surface area (Å²) in [4.78, 5) is 28.0. The Morgan fingerprint density at radius 3 is 2.41 bits per heavy atom. The topological polar surface area (TPSA) is 73.6 Å². The van der Waals surface area contributed by atoms with E-state index in [0.29, 0.717) is 42.4 Å². The Morgan fingerprint density at radius 1 is 1.10 bits per heavy atom. The maximum absolute atomic E-state index is 12.6. The van der Waals surface area contributed by atoms with E-state index in [1.54, 1.807) is 24.3 Å². The lowest BCUT2D eigenvalue weighted by Crippen LogP contribution is -2.48. The molecule has 0 aromatic heterocycles. The van der Waals surface area contributed by atoms with Crippen molar-refractivity contribution in [2.75, 3.05) is 26.2 Å². The molecule has 1 amide bonds. The molecule has 0 unspecified atom stereocenters. The first-order valence-electron chi connectivity index (χ1n) is 9.40. The Kier molecular flexibility index (Phi) is 6.86. The largest absolute Gasteiger partial charge is 0.426 e. The summed E-state index contributed by atoms with van der Waals surface area (Å²) in [6, 6.07) is 14.4. The summed E-state index contributed by atoms with van der Waals surface area (Å²) in [5.74, 6) is 0.228. The van der Waals surface area contributed by atoms with Gasteiger partial charge in [-0.15, -0.1) is 0 Å². The Hall–Kier alpha value is -2.88. The number of halogens is 1. The SMILES string of the molecule is CC(=O)Oc1ccc(Cl)cc1CN1CCN(C(=O)Cc2ccc(C#N)cc2)CC1. The molecule has 0 saturated carbocycles. The molecule has 1 heterocycles. The summed E-state index contributed by atoms with van der Waals surface area (Å²) in [7, 11) is 0. The molecule has 1 fully saturated rings. The second-order valence-electron chi connectivity index (χ2n) is 6.99. The van der Waals surface area contributed by atoms with Gasteiger partial charge in [0.2, 0.25) is 5.91 Å². The van der Waals surface area contributed by atoms with E-state index in [0.717, 1.165) is 24.2 Å². The normalized spacial score (nSPS) is 14.3. The van der Waals surface area contributed by atoms with Crippen molar-refractivity contribution in [1.82, 2.24) is 9.80 Å². The second kappa shape index (κ2) is 9.55. The Labute approximate surface area is 175 Å². The van der Waals surface area contributed by atoms with E-state index in [-0.39, 0.29) is 11.9 Å². The van der Waals surface area contributed by atoms with Crippen LogP contribution in [0.4, 0.5) is 0 Å². The number of nitriles is 1. The predicted octanol–water partition coefficient (Wildman–Crippen LogP) is 3.02. The van der Waals surface area contributed by atoms with Gasteiger partial charge in [0.05, 0.1) is 18.1 Å². The fraction of sp³-hybridized carbons (Fsp3) is 0.318. The van der Waals surface area contributed by atoms with Gasteiger partial charge in [0.15, 0.2) is 0 Å². The minimum absolute atomic E-state index is 0.0812. The molecule has 2 aromatic carbocycles. The Bertz CT molecular complexity index is 929. The molecule has 29 heavy (non-hydrogen) atoms. The number of carbonyl (C=O) groups excluding carboxylic acids is 2. The number of nitrogens with zero attached hydrogens (tertiary/aromatic N) is 3. The van der Waals surface area contributed by atoms with Crippen LogP contribution in [0.5, 0.6) is 5.75 Å². The first-order chi connectivity index (χ1) is 13.9. The third-order valence-corrected chi connectivity index (χ3v) is 5.07.